The zero-order chi connectivity index (χ0) is 14.5. The third-order valence-corrected chi connectivity index (χ3v) is 3.72. The van der Waals surface area contributed by atoms with Gasteiger partial charge in [-0.2, -0.15) is 5.10 Å². The van der Waals surface area contributed by atoms with Crippen LogP contribution >= 0.6 is 11.6 Å². The molecule has 5 heteroatoms. The van der Waals surface area contributed by atoms with Crippen LogP contribution in [0.25, 0.3) is 0 Å². The molecule has 4 nitrogen and oxygen atoms in total. The van der Waals surface area contributed by atoms with Gasteiger partial charge < -0.3 is 10.4 Å². The van der Waals surface area contributed by atoms with Crippen molar-refractivity contribution in [1.82, 2.24) is 15.1 Å². The van der Waals surface area contributed by atoms with Crippen molar-refractivity contribution in [3.05, 3.63) is 16.4 Å². The number of hydrogen-bond donors (Lipinski definition) is 2. The summed E-state index contributed by atoms with van der Waals surface area (Å²) in [5.74, 6) is 0. The molecule has 0 aliphatic carbocycles. The van der Waals surface area contributed by atoms with Gasteiger partial charge in [-0.15, -0.1) is 0 Å². The Balaban J connectivity index is 2.65. The summed E-state index contributed by atoms with van der Waals surface area (Å²) in [6.45, 7) is 10.1. The fourth-order valence-electron chi connectivity index (χ4n) is 2.26. The van der Waals surface area contributed by atoms with E-state index in [0.717, 1.165) is 42.2 Å². The van der Waals surface area contributed by atoms with Gasteiger partial charge in [0.15, 0.2) is 0 Å². The minimum absolute atomic E-state index is 0.563. The summed E-state index contributed by atoms with van der Waals surface area (Å²) >= 11 is 6.33. The predicted molar refractivity (Wildman–Crippen MR) is 79.5 cm³/mol. The molecule has 1 aromatic heterocycles. The summed E-state index contributed by atoms with van der Waals surface area (Å²) in [4.78, 5) is 0. The average molecular weight is 288 g/mol. The van der Waals surface area contributed by atoms with E-state index in [1.807, 2.05) is 11.6 Å². The lowest BCUT2D eigenvalue weighted by Crippen LogP contribution is -2.37. The van der Waals surface area contributed by atoms with Crippen LogP contribution in [0, 0.1) is 0 Å². The maximum atomic E-state index is 10.1. The Morgan fingerprint density at radius 3 is 2.58 bits per heavy atom. The first-order chi connectivity index (χ1) is 8.95. The summed E-state index contributed by atoms with van der Waals surface area (Å²) in [6, 6.07) is 0. The van der Waals surface area contributed by atoms with E-state index >= 15 is 0 Å². The standard InChI is InChI=1S/C14H26ClN3O/c1-5-8-14(4,19)10-16-9-12-13(15)11(6-2)17-18(12)7-3/h16,19H,5-10H2,1-4H3. The first kappa shape index (κ1) is 16.5. The van der Waals surface area contributed by atoms with Crippen LogP contribution in [0.5, 0.6) is 0 Å². The smallest absolute Gasteiger partial charge is 0.0863 e. The minimum Gasteiger partial charge on any atom is -0.389 e. The molecule has 0 radical (unpaired) electrons. The van der Waals surface area contributed by atoms with Gasteiger partial charge in [0.25, 0.3) is 0 Å². The molecular weight excluding hydrogens is 262 g/mol. The normalized spacial score (nSPS) is 14.6. The van der Waals surface area contributed by atoms with Crippen molar-refractivity contribution in [2.45, 2.75) is 65.6 Å². The second-order valence-corrected chi connectivity index (χ2v) is 5.61. The SMILES string of the molecule is CCCC(C)(O)CNCc1c(Cl)c(CC)nn1CC. The Morgan fingerprint density at radius 2 is 2.05 bits per heavy atom. The molecular formula is C14H26ClN3O. The summed E-state index contributed by atoms with van der Waals surface area (Å²) in [5.41, 5.74) is 1.29. The van der Waals surface area contributed by atoms with Crippen LogP contribution in [0.1, 0.15) is 51.9 Å². The monoisotopic (exact) mass is 287 g/mol. The highest BCUT2D eigenvalue weighted by molar-refractivity contribution is 6.31. The van der Waals surface area contributed by atoms with Crippen molar-refractivity contribution < 1.29 is 5.11 Å². The van der Waals surface area contributed by atoms with E-state index in [1.54, 1.807) is 0 Å². The third kappa shape index (κ3) is 4.48. The van der Waals surface area contributed by atoms with E-state index in [0.29, 0.717) is 13.1 Å². The van der Waals surface area contributed by atoms with Crippen molar-refractivity contribution >= 4 is 11.6 Å². The number of hydrogen-bond acceptors (Lipinski definition) is 3. The number of nitrogens with zero attached hydrogens (tertiary/aromatic N) is 2. The zero-order valence-electron chi connectivity index (χ0n) is 12.5. The molecule has 0 saturated heterocycles. The molecule has 1 aromatic rings. The second kappa shape index (κ2) is 7.27. The molecule has 19 heavy (non-hydrogen) atoms. The Labute approximate surface area is 121 Å². The van der Waals surface area contributed by atoms with Crippen LogP contribution in [0.4, 0.5) is 0 Å². The Hall–Kier alpha value is -0.580. The molecule has 1 unspecified atom stereocenters. The lowest BCUT2D eigenvalue weighted by molar-refractivity contribution is 0.0496. The summed E-state index contributed by atoms with van der Waals surface area (Å²) in [5, 5.41) is 18.6. The van der Waals surface area contributed by atoms with E-state index in [1.165, 1.54) is 0 Å². The van der Waals surface area contributed by atoms with Gasteiger partial charge in [-0.05, 0) is 26.7 Å². The van der Waals surface area contributed by atoms with Crippen molar-refractivity contribution in [1.29, 1.82) is 0 Å². The van der Waals surface area contributed by atoms with Crippen LogP contribution < -0.4 is 5.32 Å². The van der Waals surface area contributed by atoms with Crippen LogP contribution in [0.15, 0.2) is 0 Å². The second-order valence-electron chi connectivity index (χ2n) is 5.23. The molecule has 1 atom stereocenters. The van der Waals surface area contributed by atoms with E-state index < -0.39 is 5.60 Å². The number of rotatable bonds is 8. The van der Waals surface area contributed by atoms with E-state index in [9.17, 15) is 5.11 Å². The fourth-order valence-corrected chi connectivity index (χ4v) is 2.60. The van der Waals surface area contributed by atoms with Gasteiger partial charge in [0.1, 0.15) is 0 Å². The highest BCUT2D eigenvalue weighted by atomic mass is 35.5. The maximum absolute atomic E-state index is 10.1. The number of halogens is 1. The van der Waals surface area contributed by atoms with Crippen molar-refractivity contribution in [2.75, 3.05) is 6.54 Å². The molecule has 0 amide bonds. The third-order valence-electron chi connectivity index (χ3n) is 3.28. The van der Waals surface area contributed by atoms with Gasteiger partial charge in [0.2, 0.25) is 0 Å². The molecule has 0 fully saturated rings. The molecule has 110 valence electrons. The van der Waals surface area contributed by atoms with Gasteiger partial charge in [-0.1, -0.05) is 31.9 Å². The number of aromatic nitrogens is 2. The molecule has 0 aliphatic heterocycles. The molecule has 0 spiro atoms. The summed E-state index contributed by atoms with van der Waals surface area (Å²) in [7, 11) is 0. The largest absolute Gasteiger partial charge is 0.389 e. The van der Waals surface area contributed by atoms with Crippen molar-refractivity contribution in [3.63, 3.8) is 0 Å². The van der Waals surface area contributed by atoms with Gasteiger partial charge in [-0.3, -0.25) is 4.68 Å². The molecule has 1 rings (SSSR count). The quantitative estimate of drug-likeness (QED) is 0.773. The molecule has 0 aliphatic rings. The Kier molecular flexibility index (Phi) is 6.30. The van der Waals surface area contributed by atoms with Crippen LogP contribution in [-0.2, 0) is 19.5 Å². The molecule has 0 bridgehead atoms. The Morgan fingerprint density at radius 1 is 1.37 bits per heavy atom. The van der Waals surface area contributed by atoms with Crippen LogP contribution in [0.2, 0.25) is 5.02 Å². The van der Waals surface area contributed by atoms with Gasteiger partial charge in [0.05, 0.1) is 22.0 Å². The lowest BCUT2D eigenvalue weighted by atomic mass is 10.0. The zero-order valence-corrected chi connectivity index (χ0v) is 13.2. The predicted octanol–water partition coefficient (Wildman–Crippen LogP) is 2.76. The lowest BCUT2D eigenvalue weighted by Gasteiger charge is -2.23. The molecule has 1 heterocycles. The van der Waals surface area contributed by atoms with E-state index in [-0.39, 0.29) is 0 Å². The van der Waals surface area contributed by atoms with Gasteiger partial charge in [0, 0.05) is 19.6 Å². The Bertz CT molecular complexity index is 402. The van der Waals surface area contributed by atoms with E-state index in [2.05, 4.69) is 31.2 Å². The summed E-state index contributed by atoms with van der Waals surface area (Å²) in [6.07, 6.45) is 2.61. The van der Waals surface area contributed by atoms with Crippen LogP contribution in [-0.4, -0.2) is 27.0 Å². The van der Waals surface area contributed by atoms with Crippen molar-refractivity contribution in [2.24, 2.45) is 0 Å². The number of aryl methyl sites for hydroxylation is 2. The van der Waals surface area contributed by atoms with Crippen LogP contribution in [0.3, 0.4) is 0 Å². The highest BCUT2D eigenvalue weighted by Crippen LogP contribution is 2.21. The van der Waals surface area contributed by atoms with E-state index in [4.69, 9.17) is 11.6 Å². The topological polar surface area (TPSA) is 50.1 Å². The van der Waals surface area contributed by atoms with Crippen molar-refractivity contribution in [3.8, 4) is 0 Å². The molecule has 2 N–H and O–H groups in total. The highest BCUT2D eigenvalue weighted by Gasteiger charge is 2.19. The average Bonchev–Trinajstić information content (AvgIpc) is 2.66. The summed E-state index contributed by atoms with van der Waals surface area (Å²) < 4.78 is 1.93. The first-order valence-electron chi connectivity index (χ1n) is 7.12. The number of nitrogens with one attached hydrogen (secondary N) is 1. The number of aliphatic hydroxyl groups is 1. The minimum atomic E-state index is -0.661. The molecule has 0 aromatic carbocycles. The fraction of sp³-hybridized carbons (Fsp3) is 0.786. The van der Waals surface area contributed by atoms with Gasteiger partial charge in [-0.25, -0.2) is 0 Å². The first-order valence-corrected chi connectivity index (χ1v) is 7.50. The molecule has 0 saturated carbocycles. The van der Waals surface area contributed by atoms with Gasteiger partial charge >= 0.3 is 0 Å². The maximum Gasteiger partial charge on any atom is 0.0863 e.